The normalized spacial score (nSPS) is 11.9. The highest BCUT2D eigenvalue weighted by atomic mass is 32.2. The Hall–Kier alpha value is -4.25. The molecule has 0 bridgehead atoms. The van der Waals surface area contributed by atoms with Crippen LogP contribution in [0, 0.1) is 17.0 Å². The number of carbonyl (C=O) groups excluding carboxylic acids is 2. The summed E-state index contributed by atoms with van der Waals surface area (Å²) in [7, 11) is -4.24. The van der Waals surface area contributed by atoms with Crippen molar-refractivity contribution in [1.29, 1.82) is 0 Å². The van der Waals surface area contributed by atoms with E-state index < -0.39 is 33.4 Å². The quantitative estimate of drug-likeness (QED) is 0.185. The average Bonchev–Trinajstić information content (AvgIpc) is 2.95. The summed E-state index contributed by atoms with van der Waals surface area (Å²) in [5.41, 5.74) is 1.60. The monoisotopic (exact) mass is 566 g/mol. The summed E-state index contributed by atoms with van der Waals surface area (Å²) in [5.74, 6) is -0.942. The van der Waals surface area contributed by atoms with Gasteiger partial charge in [-0.3, -0.25) is 24.0 Å². The first-order valence-corrected chi connectivity index (χ1v) is 14.4. The van der Waals surface area contributed by atoms with E-state index in [1.807, 2.05) is 38.1 Å². The molecule has 1 unspecified atom stereocenters. The van der Waals surface area contributed by atoms with Crippen molar-refractivity contribution in [2.75, 3.05) is 17.4 Å². The molecular formula is C29H34N4O6S. The Kier molecular flexibility index (Phi) is 10.4. The Labute approximate surface area is 234 Å². The van der Waals surface area contributed by atoms with Crippen LogP contribution in [0.1, 0.15) is 37.8 Å². The van der Waals surface area contributed by atoms with Gasteiger partial charge in [-0.25, -0.2) is 8.42 Å². The van der Waals surface area contributed by atoms with Crippen molar-refractivity contribution in [1.82, 2.24) is 10.2 Å². The smallest absolute Gasteiger partial charge is 0.269 e. The zero-order valence-electron chi connectivity index (χ0n) is 22.8. The molecule has 3 rings (SSSR count). The molecule has 0 saturated carbocycles. The van der Waals surface area contributed by atoms with Crippen molar-refractivity contribution in [2.24, 2.45) is 0 Å². The molecule has 1 N–H and O–H groups in total. The fourth-order valence-electron chi connectivity index (χ4n) is 4.08. The maximum Gasteiger partial charge on any atom is 0.269 e. The van der Waals surface area contributed by atoms with Gasteiger partial charge in [-0.05, 0) is 55.7 Å². The molecule has 1 atom stereocenters. The molecule has 10 nitrogen and oxygen atoms in total. The molecule has 2 amide bonds. The third-order valence-corrected chi connectivity index (χ3v) is 8.35. The average molecular weight is 567 g/mol. The van der Waals surface area contributed by atoms with Crippen LogP contribution in [0.3, 0.4) is 0 Å². The maximum atomic E-state index is 13.9. The molecular weight excluding hydrogens is 532 g/mol. The van der Waals surface area contributed by atoms with Crippen LogP contribution >= 0.6 is 0 Å². The Bertz CT molecular complexity index is 1430. The van der Waals surface area contributed by atoms with E-state index in [1.54, 1.807) is 25.1 Å². The first kappa shape index (κ1) is 30.3. The SMILES string of the molecule is CCCCNC(=O)C(C)N(Cc1ccccc1C)C(=O)CN(c1ccc([N+](=O)[O-])cc1)S(=O)(=O)c1ccccc1. The van der Waals surface area contributed by atoms with Gasteiger partial charge in [-0.2, -0.15) is 0 Å². The largest absolute Gasteiger partial charge is 0.354 e. The number of anilines is 1. The molecule has 0 radical (unpaired) electrons. The van der Waals surface area contributed by atoms with Crippen LogP contribution < -0.4 is 9.62 Å². The molecule has 0 saturated heterocycles. The van der Waals surface area contributed by atoms with Gasteiger partial charge >= 0.3 is 0 Å². The third-order valence-electron chi connectivity index (χ3n) is 6.56. The number of aryl methyl sites for hydroxylation is 1. The summed E-state index contributed by atoms with van der Waals surface area (Å²) in [6.07, 6.45) is 1.68. The Balaban J connectivity index is 2.02. The molecule has 212 valence electrons. The minimum absolute atomic E-state index is 0.0445. The van der Waals surface area contributed by atoms with Crippen LogP contribution in [0.25, 0.3) is 0 Å². The molecule has 0 heterocycles. The number of carbonyl (C=O) groups is 2. The standard InChI is InChI=1S/C29H34N4O6S/c1-4-5-19-30-29(35)23(3)31(20-24-12-10-9-11-22(24)2)28(34)21-32(25-15-17-26(18-16-25)33(36)37)40(38,39)27-13-7-6-8-14-27/h6-18,23H,4-5,19-21H2,1-3H3,(H,30,35). The predicted molar refractivity (Wildman–Crippen MR) is 153 cm³/mol. The highest BCUT2D eigenvalue weighted by Gasteiger charge is 2.32. The second kappa shape index (κ2) is 13.7. The van der Waals surface area contributed by atoms with E-state index in [9.17, 15) is 28.1 Å². The lowest BCUT2D eigenvalue weighted by molar-refractivity contribution is -0.384. The number of unbranched alkanes of at least 4 members (excludes halogenated alkanes) is 1. The maximum absolute atomic E-state index is 13.9. The van der Waals surface area contributed by atoms with Crippen molar-refractivity contribution in [3.8, 4) is 0 Å². The van der Waals surface area contributed by atoms with E-state index in [4.69, 9.17) is 0 Å². The number of nitrogens with zero attached hydrogens (tertiary/aromatic N) is 3. The number of sulfonamides is 1. The predicted octanol–water partition coefficient (Wildman–Crippen LogP) is 4.43. The molecule has 0 aliphatic rings. The van der Waals surface area contributed by atoms with E-state index in [0.717, 1.165) is 28.3 Å². The number of non-ortho nitro benzene ring substituents is 1. The molecule has 0 spiro atoms. The van der Waals surface area contributed by atoms with E-state index in [-0.39, 0.29) is 28.7 Å². The fourth-order valence-corrected chi connectivity index (χ4v) is 5.51. The van der Waals surface area contributed by atoms with Crippen LogP contribution in [0.4, 0.5) is 11.4 Å². The van der Waals surface area contributed by atoms with Gasteiger partial charge in [0.2, 0.25) is 11.8 Å². The summed E-state index contributed by atoms with van der Waals surface area (Å²) >= 11 is 0. The molecule has 0 aliphatic carbocycles. The minimum Gasteiger partial charge on any atom is -0.354 e. The first-order valence-electron chi connectivity index (χ1n) is 13.0. The molecule has 40 heavy (non-hydrogen) atoms. The van der Waals surface area contributed by atoms with Crippen LogP contribution in [0.5, 0.6) is 0 Å². The Morgan fingerprint density at radius 1 is 0.975 bits per heavy atom. The van der Waals surface area contributed by atoms with Crippen molar-refractivity contribution in [2.45, 2.75) is 51.1 Å². The van der Waals surface area contributed by atoms with Gasteiger partial charge in [0.05, 0.1) is 15.5 Å². The van der Waals surface area contributed by atoms with Crippen LogP contribution in [-0.4, -0.2) is 49.2 Å². The summed E-state index contributed by atoms with van der Waals surface area (Å²) in [6.45, 7) is 5.44. The number of benzene rings is 3. The lowest BCUT2D eigenvalue weighted by Gasteiger charge is -2.32. The summed E-state index contributed by atoms with van der Waals surface area (Å²) < 4.78 is 28.4. The van der Waals surface area contributed by atoms with Crippen LogP contribution in [0.2, 0.25) is 0 Å². The summed E-state index contributed by atoms with van der Waals surface area (Å²) in [6, 6.07) is 19.1. The van der Waals surface area contributed by atoms with E-state index in [0.29, 0.717) is 6.54 Å². The van der Waals surface area contributed by atoms with E-state index in [2.05, 4.69) is 5.32 Å². The van der Waals surface area contributed by atoms with Gasteiger partial charge in [-0.1, -0.05) is 55.8 Å². The van der Waals surface area contributed by atoms with Crippen molar-refractivity contribution < 1.29 is 22.9 Å². The van der Waals surface area contributed by atoms with Crippen molar-refractivity contribution in [3.63, 3.8) is 0 Å². The molecule has 3 aromatic carbocycles. The second-order valence-electron chi connectivity index (χ2n) is 9.37. The number of hydrogen-bond donors (Lipinski definition) is 1. The number of nitro benzene ring substituents is 1. The van der Waals surface area contributed by atoms with Gasteiger partial charge < -0.3 is 10.2 Å². The summed E-state index contributed by atoms with van der Waals surface area (Å²) in [4.78, 5) is 38.8. The van der Waals surface area contributed by atoms with Gasteiger partial charge in [0.1, 0.15) is 12.6 Å². The highest BCUT2D eigenvalue weighted by molar-refractivity contribution is 7.92. The van der Waals surface area contributed by atoms with E-state index in [1.165, 1.54) is 41.3 Å². The van der Waals surface area contributed by atoms with Gasteiger partial charge in [-0.15, -0.1) is 0 Å². The van der Waals surface area contributed by atoms with Crippen molar-refractivity contribution >= 4 is 33.2 Å². The summed E-state index contributed by atoms with van der Waals surface area (Å²) in [5, 5.41) is 14.0. The van der Waals surface area contributed by atoms with Crippen molar-refractivity contribution in [3.05, 3.63) is 100 Å². The van der Waals surface area contributed by atoms with Crippen LogP contribution in [0.15, 0.2) is 83.8 Å². The molecule has 0 aromatic heterocycles. The first-order chi connectivity index (χ1) is 19.1. The third kappa shape index (κ3) is 7.44. The van der Waals surface area contributed by atoms with Crippen LogP contribution in [-0.2, 0) is 26.2 Å². The number of hydrogen-bond acceptors (Lipinski definition) is 6. The van der Waals surface area contributed by atoms with E-state index >= 15 is 0 Å². The number of nitrogens with one attached hydrogen (secondary N) is 1. The van der Waals surface area contributed by atoms with Gasteiger partial charge in [0.15, 0.2) is 0 Å². The molecule has 11 heteroatoms. The molecule has 3 aromatic rings. The fraction of sp³-hybridized carbons (Fsp3) is 0.310. The lowest BCUT2D eigenvalue weighted by Crippen LogP contribution is -2.51. The topological polar surface area (TPSA) is 130 Å². The Morgan fingerprint density at radius 3 is 2.20 bits per heavy atom. The number of nitro groups is 1. The van der Waals surface area contributed by atoms with Gasteiger partial charge in [0, 0.05) is 25.2 Å². The van der Waals surface area contributed by atoms with Gasteiger partial charge in [0.25, 0.3) is 15.7 Å². The number of rotatable bonds is 13. The lowest BCUT2D eigenvalue weighted by atomic mass is 10.1. The zero-order chi connectivity index (χ0) is 29.3. The molecule has 0 fully saturated rings. The Morgan fingerprint density at radius 2 is 1.60 bits per heavy atom. The highest BCUT2D eigenvalue weighted by Crippen LogP contribution is 2.26. The second-order valence-corrected chi connectivity index (χ2v) is 11.2. The number of amides is 2. The minimum atomic E-state index is -4.24. The molecule has 0 aliphatic heterocycles. The zero-order valence-corrected chi connectivity index (χ0v) is 23.6.